The van der Waals surface area contributed by atoms with Gasteiger partial charge in [-0.1, -0.05) is 6.07 Å². The minimum Gasteiger partial charge on any atom is -0.459 e. The maximum absolute atomic E-state index is 12.3. The molecule has 0 radical (unpaired) electrons. The number of ether oxygens (including phenoxy) is 1. The molecule has 1 N–H and O–H groups in total. The normalized spacial score (nSPS) is 16.9. The van der Waals surface area contributed by atoms with Crippen LogP contribution < -0.4 is 10.2 Å². The first-order valence-corrected chi connectivity index (χ1v) is 8.69. The fraction of sp³-hybridized carbons (Fsp3) is 0.421. The molecule has 2 aromatic rings. The predicted molar refractivity (Wildman–Crippen MR) is 97.8 cm³/mol. The van der Waals surface area contributed by atoms with Crippen LogP contribution in [0.15, 0.2) is 42.7 Å². The van der Waals surface area contributed by atoms with Crippen LogP contribution in [0.2, 0.25) is 0 Å². The molecule has 1 unspecified atom stereocenters. The molecule has 3 heterocycles. The van der Waals surface area contributed by atoms with Crippen LogP contribution in [0.5, 0.6) is 0 Å². The number of aromatic nitrogens is 2. The molecular weight excluding hydrogens is 316 g/mol. The van der Waals surface area contributed by atoms with E-state index >= 15 is 0 Å². The van der Waals surface area contributed by atoms with Crippen LogP contribution in [-0.4, -0.2) is 41.7 Å². The van der Waals surface area contributed by atoms with Crippen molar-refractivity contribution in [3.05, 3.63) is 48.3 Å². The Labute approximate surface area is 148 Å². The van der Waals surface area contributed by atoms with E-state index in [4.69, 9.17) is 4.74 Å². The summed E-state index contributed by atoms with van der Waals surface area (Å²) in [6, 6.07) is 9.40. The first-order valence-electron chi connectivity index (χ1n) is 8.69. The zero-order valence-corrected chi connectivity index (χ0v) is 14.7. The van der Waals surface area contributed by atoms with Crippen LogP contribution in [0.1, 0.15) is 30.6 Å². The standard InChI is InChI=1S/C19H24N4O2/c1-14(2)25-19(24)16-6-5-10-21-18(16)23-11-8-15(13-23)12-22-17-7-3-4-9-20-17/h3-7,9-10,14-15H,8,11-13H2,1-2H3,(H,20,22). The monoisotopic (exact) mass is 340 g/mol. The molecule has 1 saturated heterocycles. The average molecular weight is 340 g/mol. The SMILES string of the molecule is CC(C)OC(=O)c1cccnc1N1CCC(CNc2ccccn2)C1. The Morgan fingerprint density at radius 1 is 1.28 bits per heavy atom. The summed E-state index contributed by atoms with van der Waals surface area (Å²) in [6.07, 6.45) is 4.41. The number of rotatable bonds is 6. The van der Waals surface area contributed by atoms with Gasteiger partial charge in [0.25, 0.3) is 0 Å². The van der Waals surface area contributed by atoms with Gasteiger partial charge in [0, 0.05) is 32.0 Å². The summed E-state index contributed by atoms with van der Waals surface area (Å²) in [6.45, 7) is 6.30. The van der Waals surface area contributed by atoms with Gasteiger partial charge in [-0.15, -0.1) is 0 Å². The molecule has 0 bridgehead atoms. The number of esters is 1. The van der Waals surface area contributed by atoms with Crippen LogP contribution in [0.3, 0.4) is 0 Å². The lowest BCUT2D eigenvalue weighted by atomic mass is 10.1. The number of pyridine rings is 2. The predicted octanol–water partition coefficient (Wildman–Crippen LogP) is 2.98. The van der Waals surface area contributed by atoms with E-state index in [0.29, 0.717) is 17.3 Å². The van der Waals surface area contributed by atoms with Crippen LogP contribution in [0.25, 0.3) is 0 Å². The molecule has 1 aliphatic rings. The van der Waals surface area contributed by atoms with Gasteiger partial charge >= 0.3 is 5.97 Å². The fourth-order valence-electron chi connectivity index (χ4n) is 2.99. The average Bonchev–Trinajstić information content (AvgIpc) is 3.09. The first-order chi connectivity index (χ1) is 12.1. The number of hydrogen-bond acceptors (Lipinski definition) is 6. The molecular formula is C19H24N4O2. The molecule has 6 nitrogen and oxygen atoms in total. The number of carbonyl (C=O) groups is 1. The Balaban J connectivity index is 1.63. The molecule has 1 aliphatic heterocycles. The van der Waals surface area contributed by atoms with Crippen molar-refractivity contribution in [2.24, 2.45) is 5.92 Å². The second-order valence-corrected chi connectivity index (χ2v) is 6.53. The molecule has 3 rings (SSSR count). The number of anilines is 2. The number of nitrogens with one attached hydrogen (secondary N) is 1. The van der Waals surface area contributed by atoms with E-state index in [1.54, 1.807) is 24.5 Å². The van der Waals surface area contributed by atoms with Gasteiger partial charge in [-0.2, -0.15) is 0 Å². The molecule has 2 aromatic heterocycles. The fourth-order valence-corrected chi connectivity index (χ4v) is 2.99. The third-order valence-corrected chi connectivity index (χ3v) is 4.17. The third kappa shape index (κ3) is 4.47. The molecule has 6 heteroatoms. The van der Waals surface area contributed by atoms with E-state index in [9.17, 15) is 4.79 Å². The highest BCUT2D eigenvalue weighted by molar-refractivity contribution is 5.94. The van der Waals surface area contributed by atoms with Gasteiger partial charge in [-0.05, 0) is 50.5 Å². The largest absolute Gasteiger partial charge is 0.459 e. The van der Waals surface area contributed by atoms with Gasteiger partial charge in [0.15, 0.2) is 0 Å². The maximum atomic E-state index is 12.3. The van der Waals surface area contributed by atoms with Crippen molar-refractivity contribution in [3.63, 3.8) is 0 Å². The van der Waals surface area contributed by atoms with Crippen molar-refractivity contribution < 1.29 is 9.53 Å². The van der Waals surface area contributed by atoms with E-state index in [-0.39, 0.29) is 12.1 Å². The van der Waals surface area contributed by atoms with Gasteiger partial charge in [0.2, 0.25) is 0 Å². The zero-order valence-electron chi connectivity index (χ0n) is 14.7. The third-order valence-electron chi connectivity index (χ3n) is 4.17. The van der Waals surface area contributed by atoms with Crippen LogP contribution in [-0.2, 0) is 4.74 Å². The lowest BCUT2D eigenvalue weighted by Gasteiger charge is -2.20. The lowest BCUT2D eigenvalue weighted by Crippen LogP contribution is -2.26. The van der Waals surface area contributed by atoms with E-state index in [1.807, 2.05) is 32.0 Å². The second-order valence-electron chi connectivity index (χ2n) is 6.53. The lowest BCUT2D eigenvalue weighted by molar-refractivity contribution is 0.0378. The van der Waals surface area contributed by atoms with Crippen LogP contribution in [0.4, 0.5) is 11.6 Å². The van der Waals surface area contributed by atoms with Gasteiger partial charge < -0.3 is 15.0 Å². The first kappa shape index (κ1) is 17.2. The van der Waals surface area contributed by atoms with Crippen molar-refractivity contribution in [1.29, 1.82) is 0 Å². The zero-order chi connectivity index (χ0) is 17.6. The molecule has 25 heavy (non-hydrogen) atoms. The highest BCUT2D eigenvalue weighted by Gasteiger charge is 2.27. The number of hydrogen-bond donors (Lipinski definition) is 1. The summed E-state index contributed by atoms with van der Waals surface area (Å²) in [7, 11) is 0. The molecule has 0 spiro atoms. The van der Waals surface area contributed by atoms with Crippen molar-refractivity contribution in [1.82, 2.24) is 9.97 Å². The van der Waals surface area contributed by atoms with Crippen LogP contribution in [0, 0.1) is 5.92 Å². The van der Waals surface area contributed by atoms with Crippen molar-refractivity contribution in [2.75, 3.05) is 29.9 Å². The summed E-state index contributed by atoms with van der Waals surface area (Å²) in [5.41, 5.74) is 0.537. The molecule has 0 saturated carbocycles. The smallest absolute Gasteiger partial charge is 0.342 e. The minimum absolute atomic E-state index is 0.144. The Bertz CT molecular complexity index is 706. The molecule has 1 fully saturated rings. The Morgan fingerprint density at radius 3 is 2.88 bits per heavy atom. The number of carbonyl (C=O) groups excluding carboxylic acids is 1. The van der Waals surface area contributed by atoms with Gasteiger partial charge in [0.1, 0.15) is 17.2 Å². The quantitative estimate of drug-likeness (QED) is 0.816. The molecule has 132 valence electrons. The molecule has 0 aromatic carbocycles. The Morgan fingerprint density at radius 2 is 2.12 bits per heavy atom. The summed E-state index contributed by atoms with van der Waals surface area (Å²) >= 11 is 0. The Hall–Kier alpha value is -2.63. The number of nitrogens with zero attached hydrogens (tertiary/aromatic N) is 3. The molecule has 0 aliphatic carbocycles. The van der Waals surface area contributed by atoms with Crippen molar-refractivity contribution in [2.45, 2.75) is 26.4 Å². The van der Waals surface area contributed by atoms with E-state index in [0.717, 1.165) is 31.9 Å². The minimum atomic E-state index is -0.312. The van der Waals surface area contributed by atoms with Gasteiger partial charge in [-0.25, -0.2) is 14.8 Å². The Kier molecular flexibility index (Phi) is 5.48. The van der Waals surface area contributed by atoms with Crippen LogP contribution >= 0.6 is 0 Å². The van der Waals surface area contributed by atoms with Crippen molar-refractivity contribution >= 4 is 17.6 Å². The topological polar surface area (TPSA) is 67.3 Å². The summed E-state index contributed by atoms with van der Waals surface area (Å²) in [5, 5.41) is 3.37. The molecule has 0 amide bonds. The van der Waals surface area contributed by atoms with E-state index in [2.05, 4.69) is 20.2 Å². The summed E-state index contributed by atoms with van der Waals surface area (Å²) in [4.78, 5) is 23.2. The van der Waals surface area contributed by atoms with E-state index < -0.39 is 0 Å². The van der Waals surface area contributed by atoms with E-state index in [1.165, 1.54) is 0 Å². The van der Waals surface area contributed by atoms with Gasteiger partial charge in [0.05, 0.1) is 6.10 Å². The second kappa shape index (κ2) is 7.96. The molecule has 1 atom stereocenters. The summed E-state index contributed by atoms with van der Waals surface area (Å²) < 4.78 is 5.34. The summed E-state index contributed by atoms with van der Waals surface area (Å²) in [5.74, 6) is 1.78. The van der Waals surface area contributed by atoms with Gasteiger partial charge in [-0.3, -0.25) is 0 Å². The maximum Gasteiger partial charge on any atom is 0.342 e. The van der Waals surface area contributed by atoms with Crippen molar-refractivity contribution in [3.8, 4) is 0 Å². The highest BCUT2D eigenvalue weighted by Crippen LogP contribution is 2.26. The highest BCUT2D eigenvalue weighted by atomic mass is 16.5.